The van der Waals surface area contributed by atoms with Crippen LogP contribution in [0.3, 0.4) is 0 Å². The lowest BCUT2D eigenvalue weighted by atomic mass is 10.7. The Kier molecular flexibility index (Phi) is 2.84. The molecule has 15 heavy (non-hydrogen) atoms. The van der Waals surface area contributed by atoms with Crippen LogP contribution in [0.25, 0.3) is 0 Å². The molecule has 1 heterocycles. The van der Waals surface area contributed by atoms with Crippen LogP contribution in [0, 0.1) is 0 Å². The lowest BCUT2D eigenvalue weighted by Gasteiger charge is -2.07. The van der Waals surface area contributed by atoms with Gasteiger partial charge in [0.15, 0.2) is 5.03 Å². The third kappa shape index (κ3) is 2.17. The second-order valence-corrected chi connectivity index (χ2v) is 4.22. The number of halogens is 3. The van der Waals surface area contributed by atoms with Crippen molar-refractivity contribution in [3.8, 4) is 6.01 Å². The Labute approximate surface area is 82.8 Å². The molecule has 84 valence electrons. The van der Waals surface area contributed by atoms with Crippen molar-refractivity contribution in [3.05, 3.63) is 12.3 Å². The Morgan fingerprint density at radius 2 is 2.00 bits per heavy atom. The standard InChI is InChI=1S/C6H5F3N2O3S/c1-14-5-10-3-2-4(11-5)15(12,13)6(7,8)9/h2-3H,1H3. The van der Waals surface area contributed by atoms with Crippen LogP contribution in [0.4, 0.5) is 13.2 Å². The predicted octanol–water partition coefficient (Wildman–Crippen LogP) is 0.779. The van der Waals surface area contributed by atoms with Crippen LogP contribution < -0.4 is 4.74 Å². The van der Waals surface area contributed by atoms with Gasteiger partial charge in [-0.25, -0.2) is 13.4 Å². The zero-order chi connectivity index (χ0) is 11.7. The maximum atomic E-state index is 12.1. The van der Waals surface area contributed by atoms with E-state index in [9.17, 15) is 21.6 Å². The number of nitrogens with zero attached hydrogens (tertiary/aromatic N) is 2. The van der Waals surface area contributed by atoms with Crippen LogP contribution in [-0.2, 0) is 9.84 Å². The van der Waals surface area contributed by atoms with E-state index in [2.05, 4.69) is 14.7 Å². The summed E-state index contributed by atoms with van der Waals surface area (Å²) in [5.74, 6) is 0. The topological polar surface area (TPSA) is 69.2 Å². The van der Waals surface area contributed by atoms with Gasteiger partial charge in [-0.3, -0.25) is 0 Å². The minimum Gasteiger partial charge on any atom is -0.467 e. The Bertz CT molecular complexity index is 457. The van der Waals surface area contributed by atoms with E-state index in [4.69, 9.17) is 0 Å². The number of sulfone groups is 1. The van der Waals surface area contributed by atoms with E-state index >= 15 is 0 Å². The first kappa shape index (κ1) is 11.7. The summed E-state index contributed by atoms with van der Waals surface area (Å²) in [5.41, 5.74) is -5.38. The van der Waals surface area contributed by atoms with Crippen LogP contribution in [0.1, 0.15) is 0 Å². The van der Waals surface area contributed by atoms with E-state index in [1.807, 2.05) is 0 Å². The van der Waals surface area contributed by atoms with Crippen molar-refractivity contribution in [1.29, 1.82) is 0 Å². The van der Waals surface area contributed by atoms with Gasteiger partial charge in [0, 0.05) is 6.20 Å². The maximum absolute atomic E-state index is 12.1. The van der Waals surface area contributed by atoms with E-state index in [0.29, 0.717) is 6.07 Å². The van der Waals surface area contributed by atoms with Crippen molar-refractivity contribution < 1.29 is 26.3 Å². The highest BCUT2D eigenvalue weighted by atomic mass is 32.2. The van der Waals surface area contributed by atoms with Crippen LogP contribution >= 0.6 is 0 Å². The molecule has 0 bridgehead atoms. The molecule has 0 radical (unpaired) electrons. The Hall–Kier alpha value is -1.38. The molecule has 0 atom stereocenters. The normalized spacial score (nSPS) is 12.5. The minimum atomic E-state index is -5.44. The zero-order valence-electron chi connectivity index (χ0n) is 7.32. The number of aromatic nitrogens is 2. The summed E-state index contributed by atoms with van der Waals surface area (Å²) in [6.45, 7) is 0. The molecule has 5 nitrogen and oxygen atoms in total. The van der Waals surface area contributed by atoms with Gasteiger partial charge in [0.2, 0.25) is 0 Å². The van der Waals surface area contributed by atoms with Crippen LogP contribution in [-0.4, -0.2) is 31.0 Å². The van der Waals surface area contributed by atoms with E-state index in [0.717, 1.165) is 13.3 Å². The Morgan fingerprint density at radius 1 is 1.40 bits per heavy atom. The summed E-state index contributed by atoms with van der Waals surface area (Å²) in [7, 11) is -4.33. The van der Waals surface area contributed by atoms with Crippen LogP contribution in [0.5, 0.6) is 6.01 Å². The van der Waals surface area contributed by atoms with Crippen LogP contribution in [0.2, 0.25) is 0 Å². The van der Waals surface area contributed by atoms with Crippen molar-refractivity contribution in [2.24, 2.45) is 0 Å². The summed E-state index contributed by atoms with van der Waals surface area (Å²) >= 11 is 0. The monoisotopic (exact) mass is 242 g/mol. The van der Waals surface area contributed by atoms with Crippen molar-refractivity contribution >= 4 is 9.84 Å². The molecule has 0 aliphatic heterocycles. The summed E-state index contributed by atoms with van der Waals surface area (Å²) in [6, 6.07) is 0.200. The molecular weight excluding hydrogens is 237 g/mol. The van der Waals surface area contributed by atoms with Crippen molar-refractivity contribution in [3.63, 3.8) is 0 Å². The van der Waals surface area contributed by atoms with E-state index in [-0.39, 0.29) is 0 Å². The fourth-order valence-corrected chi connectivity index (χ4v) is 1.37. The molecule has 0 saturated carbocycles. The fourth-order valence-electron chi connectivity index (χ4n) is 0.692. The highest BCUT2D eigenvalue weighted by Gasteiger charge is 2.48. The second-order valence-electron chi connectivity index (χ2n) is 2.33. The average Bonchev–Trinajstić information content (AvgIpc) is 2.16. The van der Waals surface area contributed by atoms with Crippen molar-refractivity contribution in [1.82, 2.24) is 9.97 Å². The number of hydrogen-bond acceptors (Lipinski definition) is 5. The number of ether oxygens (including phenoxy) is 1. The molecule has 9 heteroatoms. The van der Waals surface area contributed by atoms with Gasteiger partial charge in [0.1, 0.15) is 0 Å². The molecule has 0 N–H and O–H groups in total. The van der Waals surface area contributed by atoms with Gasteiger partial charge < -0.3 is 4.74 Å². The molecule has 0 fully saturated rings. The third-order valence-electron chi connectivity index (χ3n) is 1.37. The van der Waals surface area contributed by atoms with Gasteiger partial charge in [-0.1, -0.05) is 0 Å². The number of rotatable bonds is 2. The van der Waals surface area contributed by atoms with Gasteiger partial charge in [0.05, 0.1) is 7.11 Å². The van der Waals surface area contributed by atoms with Gasteiger partial charge >= 0.3 is 11.5 Å². The Morgan fingerprint density at radius 3 is 2.47 bits per heavy atom. The predicted molar refractivity (Wildman–Crippen MR) is 41.8 cm³/mol. The quantitative estimate of drug-likeness (QED) is 0.717. The fraction of sp³-hybridized carbons (Fsp3) is 0.333. The average molecular weight is 242 g/mol. The van der Waals surface area contributed by atoms with Gasteiger partial charge in [-0.05, 0) is 6.07 Å². The molecule has 0 unspecified atom stereocenters. The SMILES string of the molecule is COc1nccc(S(=O)(=O)C(F)(F)F)n1. The van der Waals surface area contributed by atoms with E-state index < -0.39 is 26.4 Å². The van der Waals surface area contributed by atoms with Crippen LogP contribution in [0.15, 0.2) is 17.3 Å². The molecule has 0 aromatic carbocycles. The van der Waals surface area contributed by atoms with Gasteiger partial charge in [-0.15, -0.1) is 0 Å². The summed E-state index contributed by atoms with van der Waals surface area (Å²) in [6.07, 6.45) is 0.866. The third-order valence-corrected chi connectivity index (χ3v) is 2.76. The van der Waals surface area contributed by atoms with Crippen molar-refractivity contribution in [2.75, 3.05) is 7.11 Å². The summed E-state index contributed by atoms with van der Waals surface area (Å²) in [5, 5.41) is -1.14. The van der Waals surface area contributed by atoms with Gasteiger partial charge in [0.25, 0.3) is 9.84 Å². The molecule has 0 spiro atoms. The Balaban J connectivity index is 3.29. The molecule has 1 rings (SSSR count). The molecule has 1 aromatic heterocycles. The summed E-state index contributed by atoms with van der Waals surface area (Å²) < 4.78 is 62.3. The number of alkyl halides is 3. The summed E-state index contributed by atoms with van der Waals surface area (Å²) in [4.78, 5) is 6.48. The molecule has 1 aromatic rings. The first-order valence-electron chi connectivity index (χ1n) is 3.47. The van der Waals surface area contributed by atoms with Gasteiger partial charge in [-0.2, -0.15) is 18.2 Å². The molecule has 0 aliphatic carbocycles. The lowest BCUT2D eigenvalue weighted by molar-refractivity contribution is -0.0438. The zero-order valence-corrected chi connectivity index (χ0v) is 8.13. The smallest absolute Gasteiger partial charge is 0.467 e. The molecule has 0 amide bonds. The molecular formula is C6H5F3N2O3S. The first-order valence-corrected chi connectivity index (χ1v) is 4.96. The highest BCUT2D eigenvalue weighted by molar-refractivity contribution is 7.92. The second kappa shape index (κ2) is 3.65. The number of hydrogen-bond donors (Lipinski definition) is 0. The molecule has 0 aliphatic rings. The number of methoxy groups -OCH3 is 1. The highest BCUT2D eigenvalue weighted by Crippen LogP contribution is 2.29. The minimum absolute atomic E-state index is 0.444. The molecule has 0 saturated heterocycles. The maximum Gasteiger partial charge on any atom is 0.503 e. The van der Waals surface area contributed by atoms with E-state index in [1.54, 1.807) is 0 Å². The largest absolute Gasteiger partial charge is 0.503 e. The van der Waals surface area contributed by atoms with Crippen molar-refractivity contribution in [2.45, 2.75) is 10.5 Å². The lowest BCUT2D eigenvalue weighted by Crippen LogP contribution is -2.24. The first-order chi connectivity index (χ1) is 6.79. The van der Waals surface area contributed by atoms with E-state index in [1.165, 1.54) is 0 Å².